The number of carboxylic acids is 1. The summed E-state index contributed by atoms with van der Waals surface area (Å²) in [6.07, 6.45) is 3.32. The molecule has 0 bridgehead atoms. The van der Waals surface area contributed by atoms with Crippen molar-refractivity contribution >= 4 is 24.0 Å². The highest BCUT2D eigenvalue weighted by Gasteiger charge is 2.26. The lowest BCUT2D eigenvalue weighted by Gasteiger charge is -2.25. The third-order valence-corrected chi connectivity index (χ3v) is 3.45. The maximum absolute atomic E-state index is 11.5. The Morgan fingerprint density at radius 2 is 1.92 bits per heavy atom. The Labute approximate surface area is 137 Å². The van der Waals surface area contributed by atoms with Gasteiger partial charge in [0, 0.05) is 17.8 Å². The molecule has 2 aromatic rings. The summed E-state index contributed by atoms with van der Waals surface area (Å²) in [5.41, 5.74) is 1.16. The van der Waals surface area contributed by atoms with E-state index in [0.717, 1.165) is 10.6 Å². The maximum Gasteiger partial charge on any atom is 0.326 e. The second kappa shape index (κ2) is 7.86. The van der Waals surface area contributed by atoms with Crippen molar-refractivity contribution in [2.45, 2.75) is 18.9 Å². The third kappa shape index (κ3) is 3.94. The maximum atomic E-state index is 11.5. The van der Waals surface area contributed by atoms with Crippen LogP contribution in [0.1, 0.15) is 12.8 Å². The Hall–Kier alpha value is -3.23. The minimum absolute atomic E-state index is 0.0477. The van der Waals surface area contributed by atoms with E-state index in [4.69, 9.17) is 0 Å². The van der Waals surface area contributed by atoms with E-state index in [1.165, 1.54) is 19.8 Å². The number of hydrogen-bond acceptors (Lipinski definition) is 6. The van der Waals surface area contributed by atoms with Crippen molar-refractivity contribution in [3.8, 4) is 5.69 Å². The Kier molecular flexibility index (Phi) is 5.61. The zero-order chi connectivity index (χ0) is 17.5. The summed E-state index contributed by atoms with van der Waals surface area (Å²) in [6.45, 7) is 0. The first-order chi connectivity index (χ1) is 11.6. The molecule has 1 aromatic heterocycles. The molecule has 1 atom stereocenters. The Morgan fingerprint density at radius 1 is 1.29 bits per heavy atom. The van der Waals surface area contributed by atoms with E-state index in [9.17, 15) is 19.5 Å². The van der Waals surface area contributed by atoms with Crippen LogP contribution < -0.4 is 4.90 Å². The van der Waals surface area contributed by atoms with Crippen molar-refractivity contribution in [2.75, 3.05) is 12.0 Å². The van der Waals surface area contributed by atoms with Gasteiger partial charge in [0.05, 0.1) is 7.11 Å². The van der Waals surface area contributed by atoms with Gasteiger partial charge >= 0.3 is 11.9 Å². The smallest absolute Gasteiger partial charge is 0.326 e. The molecule has 0 fully saturated rings. The van der Waals surface area contributed by atoms with Crippen LogP contribution in [0.25, 0.3) is 5.69 Å². The number of amides is 1. The molecule has 0 saturated carbocycles. The fourth-order valence-corrected chi connectivity index (χ4v) is 2.18. The molecule has 0 aliphatic carbocycles. The number of methoxy groups -OCH3 is 1. The van der Waals surface area contributed by atoms with Crippen LogP contribution in [-0.4, -0.2) is 51.4 Å². The molecule has 0 spiro atoms. The number of hydrogen-bond donors (Lipinski definition) is 1. The van der Waals surface area contributed by atoms with Gasteiger partial charge < -0.3 is 14.7 Å². The van der Waals surface area contributed by atoms with Gasteiger partial charge in [-0.3, -0.25) is 14.2 Å². The zero-order valence-electron chi connectivity index (χ0n) is 12.9. The molecular formula is C15H16N4O5. The molecule has 1 N–H and O–H groups in total. The summed E-state index contributed by atoms with van der Waals surface area (Å²) in [5.74, 6) is -1.73. The van der Waals surface area contributed by atoms with E-state index >= 15 is 0 Å². The molecule has 0 unspecified atom stereocenters. The van der Waals surface area contributed by atoms with Crippen LogP contribution in [0, 0.1) is 0 Å². The third-order valence-electron chi connectivity index (χ3n) is 3.45. The monoisotopic (exact) mass is 332 g/mol. The normalized spacial score (nSPS) is 11.5. The summed E-state index contributed by atoms with van der Waals surface area (Å²) in [6, 6.07) is 5.46. The van der Waals surface area contributed by atoms with Crippen LogP contribution in [-0.2, 0) is 19.1 Å². The van der Waals surface area contributed by atoms with Gasteiger partial charge in [0.2, 0.25) is 6.41 Å². The van der Waals surface area contributed by atoms with Crippen LogP contribution in [0.4, 0.5) is 5.69 Å². The second-order valence-electron chi connectivity index (χ2n) is 4.87. The average molecular weight is 332 g/mol. The summed E-state index contributed by atoms with van der Waals surface area (Å²) < 4.78 is 6.17. The molecule has 0 saturated heterocycles. The molecule has 9 nitrogen and oxygen atoms in total. The second-order valence-corrected chi connectivity index (χ2v) is 4.87. The first kappa shape index (κ1) is 17.1. The van der Waals surface area contributed by atoms with Crippen molar-refractivity contribution in [3.63, 3.8) is 0 Å². The van der Waals surface area contributed by atoms with Crippen molar-refractivity contribution in [2.24, 2.45) is 0 Å². The molecule has 24 heavy (non-hydrogen) atoms. The fourth-order valence-electron chi connectivity index (χ4n) is 2.18. The van der Waals surface area contributed by atoms with Crippen molar-refractivity contribution < 1.29 is 24.2 Å². The quantitative estimate of drug-likeness (QED) is 0.557. The van der Waals surface area contributed by atoms with Crippen LogP contribution in [0.15, 0.2) is 36.9 Å². The number of rotatable bonds is 8. The van der Waals surface area contributed by atoms with Crippen molar-refractivity contribution in [1.29, 1.82) is 0 Å². The van der Waals surface area contributed by atoms with Gasteiger partial charge in [-0.25, -0.2) is 4.79 Å². The molecule has 9 heteroatoms. The number of carboxylic acid groups (broad SMARTS) is 1. The minimum atomic E-state index is -1.20. The molecule has 1 amide bonds. The fraction of sp³-hybridized carbons (Fsp3) is 0.267. The summed E-state index contributed by atoms with van der Waals surface area (Å²) in [4.78, 5) is 35.2. The summed E-state index contributed by atoms with van der Waals surface area (Å²) in [7, 11) is 1.22. The minimum Gasteiger partial charge on any atom is -0.480 e. The first-order valence-corrected chi connectivity index (χ1v) is 7.05. The zero-order valence-corrected chi connectivity index (χ0v) is 12.9. The Balaban J connectivity index is 2.19. The summed E-state index contributed by atoms with van der Waals surface area (Å²) in [5, 5.41) is 16.7. The molecule has 1 heterocycles. The highest BCUT2D eigenvalue weighted by molar-refractivity contribution is 5.88. The highest BCUT2D eigenvalue weighted by atomic mass is 16.5. The number of aliphatic carboxylic acids is 1. The number of aromatic nitrogens is 3. The predicted octanol–water partition coefficient (Wildman–Crippen LogP) is 0.636. The summed E-state index contributed by atoms with van der Waals surface area (Å²) >= 11 is 0. The van der Waals surface area contributed by atoms with E-state index in [2.05, 4.69) is 14.9 Å². The van der Waals surface area contributed by atoms with Gasteiger partial charge in [0.1, 0.15) is 18.7 Å². The van der Waals surface area contributed by atoms with E-state index in [1.54, 1.807) is 28.8 Å². The number of ether oxygens (including phenoxy) is 1. The number of carbonyl (C=O) groups is 3. The van der Waals surface area contributed by atoms with Crippen LogP contribution in [0.5, 0.6) is 0 Å². The van der Waals surface area contributed by atoms with Gasteiger partial charge in [0.25, 0.3) is 0 Å². The lowest BCUT2D eigenvalue weighted by Crippen LogP contribution is -2.41. The number of anilines is 1. The van der Waals surface area contributed by atoms with Gasteiger partial charge in [-0.1, -0.05) is 0 Å². The van der Waals surface area contributed by atoms with E-state index < -0.39 is 18.0 Å². The number of esters is 1. The molecular weight excluding hydrogens is 316 g/mol. The molecule has 0 radical (unpaired) electrons. The van der Waals surface area contributed by atoms with Gasteiger partial charge in [-0.05, 0) is 30.7 Å². The molecule has 0 aliphatic heterocycles. The molecule has 1 aromatic carbocycles. The Bertz CT molecular complexity index is 699. The van der Waals surface area contributed by atoms with Crippen molar-refractivity contribution in [1.82, 2.24) is 14.8 Å². The lowest BCUT2D eigenvalue weighted by molar-refractivity contribution is -0.142. The number of carbonyl (C=O) groups excluding carboxylic acids is 2. The topological polar surface area (TPSA) is 115 Å². The lowest BCUT2D eigenvalue weighted by atomic mass is 10.1. The van der Waals surface area contributed by atoms with E-state index in [1.807, 2.05) is 0 Å². The number of nitrogens with zero attached hydrogens (tertiary/aromatic N) is 4. The number of benzene rings is 1. The van der Waals surface area contributed by atoms with E-state index in [0.29, 0.717) is 12.1 Å². The van der Waals surface area contributed by atoms with Crippen LogP contribution in [0.3, 0.4) is 0 Å². The van der Waals surface area contributed by atoms with Crippen LogP contribution in [0.2, 0.25) is 0 Å². The largest absolute Gasteiger partial charge is 0.480 e. The standard InChI is InChI=1S/C15H16N4O5/c1-24-14(21)7-6-13(15(22)23)19(10-20)12-4-2-11(3-5-12)18-8-16-17-9-18/h2-5,8-10,13H,6-7H2,1H3,(H,22,23)/t13-/m0/s1. The average Bonchev–Trinajstić information content (AvgIpc) is 3.12. The molecule has 126 valence electrons. The van der Waals surface area contributed by atoms with Gasteiger partial charge in [-0.2, -0.15) is 0 Å². The van der Waals surface area contributed by atoms with Crippen LogP contribution >= 0.6 is 0 Å². The highest BCUT2D eigenvalue weighted by Crippen LogP contribution is 2.20. The first-order valence-electron chi connectivity index (χ1n) is 7.05. The SMILES string of the molecule is COC(=O)CC[C@@H](C(=O)O)N(C=O)c1ccc(-n2cnnc2)cc1. The Morgan fingerprint density at radius 3 is 2.42 bits per heavy atom. The van der Waals surface area contributed by atoms with E-state index in [-0.39, 0.29) is 12.8 Å². The van der Waals surface area contributed by atoms with Crippen molar-refractivity contribution in [3.05, 3.63) is 36.9 Å². The molecule has 2 rings (SSSR count). The molecule has 0 aliphatic rings. The van der Waals surface area contributed by atoms with Gasteiger partial charge in [-0.15, -0.1) is 10.2 Å². The predicted molar refractivity (Wildman–Crippen MR) is 82.6 cm³/mol. The van der Waals surface area contributed by atoms with Gasteiger partial charge in [0.15, 0.2) is 0 Å².